The summed E-state index contributed by atoms with van der Waals surface area (Å²) in [5.74, 6) is -1.59. The van der Waals surface area contributed by atoms with E-state index < -0.39 is 11.9 Å². The number of hydrogen-bond acceptors (Lipinski definition) is 4. The lowest BCUT2D eigenvalue weighted by atomic mass is 9.85. The third-order valence-corrected chi connectivity index (χ3v) is 2.65. The van der Waals surface area contributed by atoms with Gasteiger partial charge in [-0.25, -0.2) is 0 Å². The molecule has 0 radical (unpaired) electrons. The molecule has 4 atom stereocenters. The summed E-state index contributed by atoms with van der Waals surface area (Å²) in [7, 11) is 0. The van der Waals surface area contributed by atoms with Crippen molar-refractivity contribution in [3.05, 3.63) is 12.2 Å². The van der Waals surface area contributed by atoms with Crippen LogP contribution in [0.4, 0.5) is 0 Å². The zero-order valence-electron chi connectivity index (χ0n) is 6.10. The zero-order chi connectivity index (χ0) is 8.29. The van der Waals surface area contributed by atoms with Crippen LogP contribution >= 0.6 is 0 Å². The van der Waals surface area contributed by atoms with E-state index in [0.29, 0.717) is 0 Å². The molecule has 0 aromatic carbocycles. The summed E-state index contributed by atoms with van der Waals surface area (Å²) >= 11 is 0. The number of hydrogen-bond donors (Lipinski definition) is 0. The smallest absolute Gasteiger partial charge is 0.320 e. The van der Waals surface area contributed by atoms with Crippen molar-refractivity contribution in [3.63, 3.8) is 0 Å². The summed E-state index contributed by atoms with van der Waals surface area (Å²) in [4.78, 5) is 22.2. The van der Waals surface area contributed by atoms with E-state index >= 15 is 0 Å². The van der Waals surface area contributed by atoms with E-state index in [0.717, 1.165) is 0 Å². The molecule has 2 saturated heterocycles. The van der Waals surface area contributed by atoms with Crippen molar-refractivity contribution in [2.24, 2.45) is 11.8 Å². The molecule has 12 heavy (non-hydrogen) atoms. The first-order chi connectivity index (χ1) is 5.77. The molecule has 2 bridgehead atoms. The van der Waals surface area contributed by atoms with Gasteiger partial charge >= 0.3 is 11.9 Å². The topological polar surface area (TPSA) is 52.6 Å². The van der Waals surface area contributed by atoms with Crippen molar-refractivity contribution in [1.82, 2.24) is 0 Å². The van der Waals surface area contributed by atoms with Crippen molar-refractivity contribution in [2.75, 3.05) is 0 Å². The van der Waals surface area contributed by atoms with E-state index in [-0.39, 0.29) is 24.0 Å². The number of carbonyl (C=O) groups is 2. The highest BCUT2D eigenvalue weighted by Gasteiger charge is 2.59. The first kappa shape index (κ1) is 6.37. The van der Waals surface area contributed by atoms with Crippen LogP contribution in [0.25, 0.3) is 0 Å². The molecule has 0 amide bonds. The number of ether oxygens (including phenoxy) is 2. The van der Waals surface area contributed by atoms with Crippen molar-refractivity contribution < 1.29 is 19.1 Å². The van der Waals surface area contributed by atoms with Crippen LogP contribution in [0.3, 0.4) is 0 Å². The van der Waals surface area contributed by atoms with Gasteiger partial charge in [0.2, 0.25) is 0 Å². The molecule has 0 saturated carbocycles. The fourth-order valence-electron chi connectivity index (χ4n) is 2.11. The number of rotatable bonds is 0. The molecule has 3 rings (SSSR count). The fraction of sp³-hybridized carbons (Fsp3) is 0.500. The van der Waals surface area contributed by atoms with Gasteiger partial charge in [-0.3, -0.25) is 9.59 Å². The first-order valence-electron chi connectivity index (χ1n) is 3.87. The maximum atomic E-state index is 11.1. The maximum Gasteiger partial charge on any atom is 0.320 e. The predicted molar refractivity (Wildman–Crippen MR) is 35.9 cm³/mol. The van der Waals surface area contributed by atoms with Gasteiger partial charge in [-0.05, 0) is 0 Å². The monoisotopic (exact) mass is 166 g/mol. The van der Waals surface area contributed by atoms with E-state index in [1.165, 1.54) is 0 Å². The molecule has 3 aliphatic heterocycles. The van der Waals surface area contributed by atoms with Gasteiger partial charge in [-0.2, -0.15) is 0 Å². The van der Waals surface area contributed by atoms with E-state index in [1.807, 2.05) is 12.2 Å². The quantitative estimate of drug-likeness (QED) is 0.280. The van der Waals surface area contributed by atoms with Crippen LogP contribution < -0.4 is 0 Å². The first-order valence-corrected chi connectivity index (χ1v) is 3.87. The maximum absolute atomic E-state index is 11.1. The molecule has 0 aromatic heterocycles. The molecule has 0 N–H and O–H groups in total. The van der Waals surface area contributed by atoms with Gasteiger partial charge < -0.3 is 9.47 Å². The number of fused-ring (bicyclic) bond motifs is 5. The molecule has 2 fully saturated rings. The summed E-state index contributed by atoms with van der Waals surface area (Å²) in [6.45, 7) is 0. The van der Waals surface area contributed by atoms with Crippen molar-refractivity contribution in [2.45, 2.75) is 12.2 Å². The Morgan fingerprint density at radius 1 is 1.00 bits per heavy atom. The SMILES string of the molecule is O=C1OC(=O)[C@H]2C3C=C[C@@H](O3)C12. The third kappa shape index (κ3) is 0.536. The minimum absolute atomic E-state index is 0.223. The van der Waals surface area contributed by atoms with Crippen molar-refractivity contribution >= 4 is 11.9 Å². The minimum Gasteiger partial charge on any atom is -0.393 e. The molecule has 2 unspecified atom stereocenters. The highest BCUT2D eigenvalue weighted by atomic mass is 16.6. The Balaban J connectivity index is 2.08. The van der Waals surface area contributed by atoms with Crippen LogP contribution in [0.2, 0.25) is 0 Å². The van der Waals surface area contributed by atoms with Crippen LogP contribution in [0.5, 0.6) is 0 Å². The van der Waals surface area contributed by atoms with Crippen LogP contribution in [0, 0.1) is 11.8 Å². The van der Waals surface area contributed by atoms with Gasteiger partial charge in [-0.1, -0.05) is 12.2 Å². The molecular formula is C8H6O4. The highest BCUT2D eigenvalue weighted by Crippen LogP contribution is 2.43. The lowest BCUT2D eigenvalue weighted by Gasteiger charge is -2.08. The Hall–Kier alpha value is -1.16. The van der Waals surface area contributed by atoms with Crippen LogP contribution in [0.15, 0.2) is 12.2 Å². The highest BCUT2D eigenvalue weighted by molar-refractivity contribution is 5.98. The van der Waals surface area contributed by atoms with E-state index in [1.54, 1.807) is 0 Å². The second kappa shape index (κ2) is 1.77. The minimum atomic E-state index is -0.429. The molecule has 3 heterocycles. The zero-order valence-corrected chi connectivity index (χ0v) is 6.10. The largest absolute Gasteiger partial charge is 0.393 e. The predicted octanol–water partition coefficient (Wildman–Crippen LogP) is -0.361. The standard InChI is InChI=1S/C8H6O4/c9-7-5-3-1-2-4(11-3)6(5)8(10)12-7/h1-6H/t3-,4?,5?,6+/m1/s1. The van der Waals surface area contributed by atoms with Crippen molar-refractivity contribution in [1.29, 1.82) is 0 Å². The molecule has 62 valence electrons. The summed E-state index contributed by atoms with van der Waals surface area (Å²) in [6.07, 6.45) is 3.20. The summed E-state index contributed by atoms with van der Waals surface area (Å²) in [5, 5.41) is 0. The van der Waals surface area contributed by atoms with Gasteiger partial charge in [0.1, 0.15) is 11.8 Å². The summed E-state index contributed by atoms with van der Waals surface area (Å²) in [6, 6.07) is 0. The average Bonchev–Trinajstić information content (AvgIpc) is 2.64. The Morgan fingerprint density at radius 3 is 2.00 bits per heavy atom. The number of carbonyl (C=O) groups excluding carboxylic acids is 2. The van der Waals surface area contributed by atoms with Gasteiger partial charge in [0.15, 0.2) is 0 Å². The van der Waals surface area contributed by atoms with Gasteiger partial charge in [0.25, 0.3) is 0 Å². The van der Waals surface area contributed by atoms with Crippen molar-refractivity contribution in [3.8, 4) is 0 Å². The summed E-state index contributed by atoms with van der Waals surface area (Å²) < 4.78 is 9.86. The lowest BCUT2D eigenvalue weighted by molar-refractivity contribution is -0.156. The van der Waals surface area contributed by atoms with Crippen LogP contribution in [-0.2, 0) is 19.1 Å². The number of esters is 2. The fourth-order valence-corrected chi connectivity index (χ4v) is 2.11. The van der Waals surface area contributed by atoms with Crippen LogP contribution in [0.1, 0.15) is 0 Å². The Bertz CT molecular complexity index is 278. The molecule has 0 aliphatic carbocycles. The Kier molecular flexibility index (Phi) is 0.939. The normalized spacial score (nSPS) is 48.3. The molecule has 4 nitrogen and oxygen atoms in total. The van der Waals surface area contributed by atoms with E-state index in [4.69, 9.17) is 4.74 Å². The summed E-state index contributed by atoms with van der Waals surface area (Å²) in [5.41, 5.74) is 0. The third-order valence-electron chi connectivity index (χ3n) is 2.65. The molecule has 0 spiro atoms. The van der Waals surface area contributed by atoms with Gasteiger partial charge in [0, 0.05) is 0 Å². The Labute approximate surface area is 68.1 Å². The Morgan fingerprint density at radius 2 is 1.50 bits per heavy atom. The number of cyclic esters (lactones) is 2. The molecule has 3 aliphatic rings. The second-order valence-electron chi connectivity index (χ2n) is 3.24. The second-order valence-corrected chi connectivity index (χ2v) is 3.24. The van der Waals surface area contributed by atoms with Crippen LogP contribution in [-0.4, -0.2) is 24.1 Å². The molecule has 0 aromatic rings. The van der Waals surface area contributed by atoms with E-state index in [2.05, 4.69) is 4.74 Å². The van der Waals surface area contributed by atoms with Gasteiger partial charge in [0.05, 0.1) is 12.2 Å². The van der Waals surface area contributed by atoms with Gasteiger partial charge in [-0.15, -0.1) is 0 Å². The molecular weight excluding hydrogens is 160 g/mol. The molecule has 4 heteroatoms. The van der Waals surface area contributed by atoms with E-state index in [9.17, 15) is 9.59 Å². The lowest BCUT2D eigenvalue weighted by Crippen LogP contribution is -2.26. The average molecular weight is 166 g/mol.